The first-order valence-electron chi connectivity index (χ1n) is 8.53. The highest BCUT2D eigenvalue weighted by Gasteiger charge is 2.20. The van der Waals surface area contributed by atoms with E-state index >= 15 is 0 Å². The van der Waals surface area contributed by atoms with Gasteiger partial charge in [-0.15, -0.1) is 0 Å². The van der Waals surface area contributed by atoms with Gasteiger partial charge in [-0.1, -0.05) is 30.3 Å². The van der Waals surface area contributed by atoms with Gasteiger partial charge in [0.05, 0.1) is 6.42 Å². The minimum atomic E-state index is -1.03. The van der Waals surface area contributed by atoms with Crippen LogP contribution in [0.3, 0.4) is 0 Å². The molecule has 3 N–H and O–H groups in total. The monoisotopic (exact) mass is 355 g/mol. The fourth-order valence-corrected chi connectivity index (χ4v) is 2.52. The minimum Gasteiger partial charge on any atom is -0.480 e. The van der Waals surface area contributed by atoms with Crippen LogP contribution in [0, 0.1) is 0 Å². The smallest absolute Gasteiger partial charge is 0.321 e. The van der Waals surface area contributed by atoms with Gasteiger partial charge in [-0.2, -0.15) is 0 Å². The fraction of sp³-hybridized carbons (Fsp3) is 0.300. The molecule has 0 aliphatic carbocycles. The normalized spacial score (nSPS) is 11.6. The van der Waals surface area contributed by atoms with Crippen LogP contribution in [0.1, 0.15) is 12.0 Å². The van der Waals surface area contributed by atoms with Gasteiger partial charge in [-0.3, -0.25) is 9.59 Å². The van der Waals surface area contributed by atoms with Crippen LogP contribution >= 0.6 is 0 Å². The lowest BCUT2D eigenvalue weighted by molar-refractivity contribution is -0.141. The van der Waals surface area contributed by atoms with E-state index in [2.05, 4.69) is 10.6 Å². The third-order valence-corrected chi connectivity index (χ3v) is 4.00. The Kier molecular flexibility index (Phi) is 7.17. The van der Waals surface area contributed by atoms with E-state index in [1.165, 1.54) is 0 Å². The predicted octanol–water partition coefficient (Wildman–Crippen LogP) is 2.37. The molecular weight excluding hydrogens is 330 g/mol. The molecule has 0 aliphatic heterocycles. The minimum absolute atomic E-state index is 0.125. The number of nitrogens with zero attached hydrogens (tertiary/aromatic N) is 1. The van der Waals surface area contributed by atoms with Gasteiger partial charge >= 0.3 is 5.97 Å². The van der Waals surface area contributed by atoms with Crippen molar-refractivity contribution in [2.75, 3.05) is 30.9 Å². The van der Waals surface area contributed by atoms with Crippen LogP contribution in [-0.4, -0.2) is 43.7 Å². The van der Waals surface area contributed by atoms with Gasteiger partial charge in [0.25, 0.3) is 0 Å². The fourth-order valence-electron chi connectivity index (χ4n) is 2.52. The first kappa shape index (κ1) is 19.5. The lowest BCUT2D eigenvalue weighted by Gasteiger charge is -2.15. The lowest BCUT2D eigenvalue weighted by Crippen LogP contribution is -2.40. The van der Waals surface area contributed by atoms with Crippen molar-refractivity contribution in [3.8, 4) is 0 Å². The Balaban J connectivity index is 1.84. The molecule has 0 spiro atoms. The summed E-state index contributed by atoms with van der Waals surface area (Å²) in [4.78, 5) is 25.5. The number of aliphatic carboxylic acids is 1. The van der Waals surface area contributed by atoms with Gasteiger partial charge in [0.1, 0.15) is 6.04 Å². The van der Waals surface area contributed by atoms with Crippen molar-refractivity contribution in [1.29, 1.82) is 0 Å². The molecule has 0 radical (unpaired) electrons. The topological polar surface area (TPSA) is 81.7 Å². The van der Waals surface area contributed by atoms with Crippen molar-refractivity contribution >= 4 is 23.3 Å². The third-order valence-electron chi connectivity index (χ3n) is 4.00. The van der Waals surface area contributed by atoms with Crippen LogP contribution in [0.5, 0.6) is 0 Å². The number of hydrogen-bond donors (Lipinski definition) is 3. The van der Waals surface area contributed by atoms with Gasteiger partial charge in [-0.05, 0) is 42.8 Å². The van der Waals surface area contributed by atoms with Gasteiger partial charge in [0, 0.05) is 25.5 Å². The van der Waals surface area contributed by atoms with Gasteiger partial charge in [-0.25, -0.2) is 0 Å². The Morgan fingerprint density at radius 1 is 1.04 bits per heavy atom. The summed E-state index contributed by atoms with van der Waals surface area (Å²) in [6.45, 7) is 0.492. The molecular formula is C20H25N3O3. The maximum atomic E-state index is 12.2. The molecule has 0 fully saturated rings. The molecule has 0 aromatic heterocycles. The summed E-state index contributed by atoms with van der Waals surface area (Å²) < 4.78 is 0. The average molecular weight is 355 g/mol. The van der Waals surface area contributed by atoms with E-state index in [0.29, 0.717) is 18.7 Å². The number of amides is 1. The van der Waals surface area contributed by atoms with Gasteiger partial charge in [0.15, 0.2) is 0 Å². The first-order chi connectivity index (χ1) is 12.5. The Morgan fingerprint density at radius 2 is 1.69 bits per heavy atom. The number of hydrogen-bond acceptors (Lipinski definition) is 4. The number of carboxylic acids is 1. The second kappa shape index (κ2) is 9.58. The summed E-state index contributed by atoms with van der Waals surface area (Å²) in [5, 5.41) is 15.0. The third kappa shape index (κ3) is 6.22. The van der Waals surface area contributed by atoms with E-state index < -0.39 is 12.0 Å². The number of anilines is 2. The van der Waals surface area contributed by atoms with Crippen LogP contribution in [-0.2, 0) is 16.0 Å². The number of nitrogens with one attached hydrogen (secondary N) is 2. The van der Waals surface area contributed by atoms with Crippen molar-refractivity contribution in [2.45, 2.75) is 18.9 Å². The first-order valence-corrected chi connectivity index (χ1v) is 8.53. The van der Waals surface area contributed by atoms with Crippen LogP contribution in [0.25, 0.3) is 0 Å². The largest absolute Gasteiger partial charge is 0.480 e. The Labute approximate surface area is 153 Å². The summed E-state index contributed by atoms with van der Waals surface area (Å²) in [6.07, 6.45) is 0.581. The molecule has 6 nitrogen and oxygen atoms in total. The van der Waals surface area contributed by atoms with E-state index in [-0.39, 0.29) is 12.3 Å². The molecule has 0 aliphatic rings. The van der Waals surface area contributed by atoms with E-state index in [4.69, 9.17) is 0 Å². The van der Waals surface area contributed by atoms with Crippen molar-refractivity contribution in [3.63, 3.8) is 0 Å². The number of carbonyl (C=O) groups excluding carboxylic acids is 1. The molecule has 2 aromatic carbocycles. The molecule has 1 amide bonds. The molecule has 2 rings (SSSR count). The lowest BCUT2D eigenvalue weighted by atomic mass is 10.1. The second-order valence-electron chi connectivity index (χ2n) is 6.27. The number of carboxylic acid groups (broad SMARTS) is 1. The van der Waals surface area contributed by atoms with Crippen LogP contribution in [0.4, 0.5) is 11.4 Å². The predicted molar refractivity (Wildman–Crippen MR) is 104 cm³/mol. The van der Waals surface area contributed by atoms with E-state index in [1.807, 2.05) is 61.5 Å². The summed E-state index contributed by atoms with van der Waals surface area (Å²) in [5.41, 5.74) is 2.79. The van der Waals surface area contributed by atoms with Crippen LogP contribution in [0.2, 0.25) is 0 Å². The highest BCUT2D eigenvalue weighted by atomic mass is 16.4. The zero-order valence-corrected chi connectivity index (χ0v) is 15.1. The molecule has 1 atom stereocenters. The quantitative estimate of drug-likeness (QED) is 0.643. The van der Waals surface area contributed by atoms with Crippen molar-refractivity contribution in [2.24, 2.45) is 0 Å². The zero-order valence-electron chi connectivity index (χ0n) is 15.1. The molecule has 0 heterocycles. The summed E-state index contributed by atoms with van der Waals surface area (Å²) in [5.74, 6) is -1.36. The van der Waals surface area contributed by atoms with Crippen LogP contribution in [0.15, 0.2) is 54.6 Å². The van der Waals surface area contributed by atoms with Gasteiger partial charge in [0.2, 0.25) is 5.91 Å². The highest BCUT2D eigenvalue weighted by Crippen LogP contribution is 2.16. The maximum Gasteiger partial charge on any atom is 0.321 e. The highest BCUT2D eigenvalue weighted by molar-refractivity contribution is 5.94. The van der Waals surface area contributed by atoms with Crippen LogP contribution < -0.4 is 15.5 Å². The molecule has 0 saturated carbocycles. The number of benzene rings is 2. The van der Waals surface area contributed by atoms with E-state index in [0.717, 1.165) is 11.3 Å². The molecule has 2 aromatic rings. The molecule has 6 heteroatoms. The Hall–Kier alpha value is -2.86. The van der Waals surface area contributed by atoms with Gasteiger partial charge < -0.3 is 20.6 Å². The standard InChI is InChI=1S/C20H25N3O3/c1-23(2)17-10-8-16(9-11-17)22-19(24)14-18(20(25)26)21-13-12-15-6-4-3-5-7-15/h3-11,18,21H,12-14H2,1-2H3,(H,22,24)(H,25,26)/t18-/m0/s1. The van der Waals surface area contributed by atoms with Crippen molar-refractivity contribution in [1.82, 2.24) is 5.32 Å². The molecule has 0 unspecified atom stereocenters. The van der Waals surface area contributed by atoms with E-state index in [1.54, 1.807) is 12.1 Å². The Morgan fingerprint density at radius 3 is 2.27 bits per heavy atom. The average Bonchev–Trinajstić information content (AvgIpc) is 2.62. The molecule has 0 saturated heterocycles. The second-order valence-corrected chi connectivity index (χ2v) is 6.27. The summed E-state index contributed by atoms with van der Waals surface area (Å²) >= 11 is 0. The molecule has 26 heavy (non-hydrogen) atoms. The zero-order chi connectivity index (χ0) is 18.9. The summed E-state index contributed by atoms with van der Waals surface area (Å²) in [7, 11) is 3.87. The maximum absolute atomic E-state index is 12.2. The SMILES string of the molecule is CN(C)c1ccc(NC(=O)C[C@H](NCCc2ccccc2)C(=O)O)cc1. The van der Waals surface area contributed by atoms with E-state index in [9.17, 15) is 14.7 Å². The Bertz CT molecular complexity index is 715. The summed E-state index contributed by atoms with van der Waals surface area (Å²) in [6, 6.07) is 16.3. The van der Waals surface area contributed by atoms with Crippen molar-refractivity contribution in [3.05, 3.63) is 60.2 Å². The number of carbonyl (C=O) groups is 2. The van der Waals surface area contributed by atoms with Crippen molar-refractivity contribution < 1.29 is 14.7 Å². The molecule has 0 bridgehead atoms. The molecule has 138 valence electrons. The number of rotatable bonds is 9.